The van der Waals surface area contributed by atoms with E-state index in [4.69, 9.17) is 4.74 Å². The summed E-state index contributed by atoms with van der Waals surface area (Å²) in [5.41, 5.74) is 2.31. The summed E-state index contributed by atoms with van der Waals surface area (Å²) in [6.45, 7) is 0.581. The lowest BCUT2D eigenvalue weighted by molar-refractivity contribution is 0.315. The Morgan fingerprint density at radius 3 is 3.18 bits per heavy atom. The molecule has 3 heterocycles. The molecule has 2 aromatic heterocycles. The van der Waals surface area contributed by atoms with Gasteiger partial charge in [-0.25, -0.2) is 19.3 Å². The number of ether oxygens (including phenoxy) is 1. The Balaban J connectivity index is 1.72. The van der Waals surface area contributed by atoms with Crippen molar-refractivity contribution in [3.8, 4) is 5.75 Å². The van der Waals surface area contributed by atoms with Gasteiger partial charge in [0.2, 0.25) is 0 Å². The van der Waals surface area contributed by atoms with Crippen molar-refractivity contribution < 1.29 is 9.13 Å². The number of hydrogen-bond donors (Lipinski definition) is 2. The van der Waals surface area contributed by atoms with Crippen molar-refractivity contribution in [2.45, 2.75) is 18.9 Å². The summed E-state index contributed by atoms with van der Waals surface area (Å²) < 4.78 is 19.1. The van der Waals surface area contributed by atoms with Crippen LogP contribution in [0.5, 0.6) is 5.75 Å². The average Bonchev–Trinajstić information content (AvgIpc) is 2.92. The van der Waals surface area contributed by atoms with Crippen LogP contribution in [0, 0.1) is 5.82 Å². The van der Waals surface area contributed by atoms with Crippen molar-refractivity contribution in [3.63, 3.8) is 0 Å². The minimum atomic E-state index is -0.294. The zero-order valence-corrected chi connectivity index (χ0v) is 11.7. The molecule has 1 atom stereocenters. The third-order valence-corrected chi connectivity index (χ3v) is 3.78. The molecule has 0 radical (unpaired) electrons. The van der Waals surface area contributed by atoms with Crippen LogP contribution in [0.2, 0.25) is 0 Å². The summed E-state index contributed by atoms with van der Waals surface area (Å²) in [7, 11) is 0. The lowest BCUT2D eigenvalue weighted by Gasteiger charge is -2.19. The minimum absolute atomic E-state index is 0.000463. The van der Waals surface area contributed by atoms with Gasteiger partial charge in [0.1, 0.15) is 23.4 Å². The second-order valence-electron chi connectivity index (χ2n) is 5.19. The molecule has 2 N–H and O–H groups in total. The Morgan fingerprint density at radius 2 is 2.23 bits per heavy atom. The van der Waals surface area contributed by atoms with Crippen molar-refractivity contribution in [2.24, 2.45) is 0 Å². The highest BCUT2D eigenvalue weighted by Gasteiger charge is 2.21. The van der Waals surface area contributed by atoms with Gasteiger partial charge in [-0.1, -0.05) is 6.07 Å². The number of halogens is 1. The predicted molar refractivity (Wildman–Crippen MR) is 79.2 cm³/mol. The molecule has 0 bridgehead atoms. The first-order valence-electron chi connectivity index (χ1n) is 7.14. The summed E-state index contributed by atoms with van der Waals surface area (Å²) in [6, 6.07) is 4.65. The molecule has 7 heteroatoms. The molecule has 6 nitrogen and oxygen atoms in total. The van der Waals surface area contributed by atoms with Gasteiger partial charge in [0.05, 0.1) is 19.0 Å². The maximum Gasteiger partial charge on any atom is 0.182 e. The Hall–Kier alpha value is -2.70. The van der Waals surface area contributed by atoms with E-state index in [1.54, 1.807) is 12.4 Å². The quantitative estimate of drug-likeness (QED) is 0.761. The summed E-state index contributed by atoms with van der Waals surface area (Å²) in [5, 5.41) is 3.40. The molecule has 0 aliphatic carbocycles. The van der Waals surface area contributed by atoms with Crippen LogP contribution >= 0.6 is 0 Å². The number of fused-ring (bicyclic) bond motifs is 2. The van der Waals surface area contributed by atoms with Gasteiger partial charge in [-0.3, -0.25) is 0 Å². The topological polar surface area (TPSA) is 75.7 Å². The van der Waals surface area contributed by atoms with Crippen LogP contribution in [0.1, 0.15) is 24.4 Å². The van der Waals surface area contributed by atoms with Crippen LogP contribution in [-0.4, -0.2) is 26.5 Å². The Labute approximate surface area is 125 Å². The van der Waals surface area contributed by atoms with E-state index in [-0.39, 0.29) is 11.9 Å². The monoisotopic (exact) mass is 299 g/mol. The van der Waals surface area contributed by atoms with E-state index in [0.29, 0.717) is 23.8 Å². The Morgan fingerprint density at radius 1 is 1.27 bits per heavy atom. The van der Waals surface area contributed by atoms with Gasteiger partial charge in [0.15, 0.2) is 11.5 Å². The van der Waals surface area contributed by atoms with Gasteiger partial charge in [-0.15, -0.1) is 0 Å². The van der Waals surface area contributed by atoms with E-state index >= 15 is 0 Å². The normalized spacial score (nSPS) is 17.6. The van der Waals surface area contributed by atoms with E-state index < -0.39 is 0 Å². The maximum atomic E-state index is 13.4. The zero-order valence-electron chi connectivity index (χ0n) is 11.7. The molecule has 0 saturated carbocycles. The van der Waals surface area contributed by atoms with Crippen molar-refractivity contribution in [3.05, 3.63) is 42.2 Å². The van der Waals surface area contributed by atoms with Crippen molar-refractivity contribution in [1.29, 1.82) is 0 Å². The maximum absolute atomic E-state index is 13.4. The third kappa shape index (κ3) is 2.24. The molecule has 1 aliphatic heterocycles. The molecule has 1 aromatic carbocycles. The number of anilines is 1. The lowest BCUT2D eigenvalue weighted by atomic mass is 10.0. The molecule has 22 heavy (non-hydrogen) atoms. The highest BCUT2D eigenvalue weighted by Crippen LogP contribution is 2.34. The molecular weight excluding hydrogens is 285 g/mol. The van der Waals surface area contributed by atoms with Crippen molar-refractivity contribution in [1.82, 2.24) is 19.9 Å². The summed E-state index contributed by atoms with van der Waals surface area (Å²) >= 11 is 0. The van der Waals surface area contributed by atoms with Crippen LogP contribution in [0.4, 0.5) is 10.2 Å². The highest BCUT2D eigenvalue weighted by atomic mass is 19.1. The number of nitrogens with one attached hydrogen (secondary N) is 2. The first-order chi connectivity index (χ1) is 10.8. The van der Waals surface area contributed by atoms with Crippen LogP contribution in [0.15, 0.2) is 30.9 Å². The summed E-state index contributed by atoms with van der Waals surface area (Å²) in [4.78, 5) is 15.6. The molecule has 1 unspecified atom stereocenters. The van der Waals surface area contributed by atoms with E-state index in [1.165, 1.54) is 18.5 Å². The fraction of sp³-hybridized carbons (Fsp3) is 0.267. The van der Waals surface area contributed by atoms with E-state index in [2.05, 4.69) is 25.3 Å². The largest absolute Gasteiger partial charge is 0.493 e. The SMILES string of the molecule is Fc1ccc2c(c1)OCCCC2Nc1ncnc2nc[nH]c12. The van der Waals surface area contributed by atoms with Gasteiger partial charge in [-0.2, -0.15) is 0 Å². The lowest BCUT2D eigenvalue weighted by Crippen LogP contribution is -2.12. The first-order valence-corrected chi connectivity index (χ1v) is 7.14. The Bertz CT molecular complexity index is 819. The standard InChI is InChI=1S/C15H14FN5O/c16-9-3-4-10-11(2-1-5-22-12(10)6-9)21-15-13-14(18-7-17-13)19-8-20-15/h3-4,6-8,11H,1-2,5H2,(H2,17,18,19,20,21). The van der Waals surface area contributed by atoms with Gasteiger partial charge < -0.3 is 15.0 Å². The minimum Gasteiger partial charge on any atom is -0.493 e. The number of benzene rings is 1. The number of imidazole rings is 1. The number of nitrogens with zero attached hydrogens (tertiary/aromatic N) is 3. The van der Waals surface area contributed by atoms with Crippen molar-refractivity contribution >= 4 is 17.0 Å². The first kappa shape index (κ1) is 13.0. The Kier molecular flexibility index (Phi) is 3.10. The molecule has 0 spiro atoms. The zero-order chi connectivity index (χ0) is 14.9. The molecular formula is C15H14FN5O. The van der Waals surface area contributed by atoms with Crippen LogP contribution in [-0.2, 0) is 0 Å². The number of aromatic nitrogens is 4. The van der Waals surface area contributed by atoms with Crippen molar-refractivity contribution in [2.75, 3.05) is 11.9 Å². The smallest absolute Gasteiger partial charge is 0.182 e. The second kappa shape index (κ2) is 5.25. The second-order valence-corrected chi connectivity index (χ2v) is 5.19. The molecule has 112 valence electrons. The number of hydrogen-bond acceptors (Lipinski definition) is 5. The summed E-state index contributed by atoms with van der Waals surface area (Å²) in [6.07, 6.45) is 4.82. The van der Waals surface area contributed by atoms with Gasteiger partial charge in [0.25, 0.3) is 0 Å². The molecule has 0 amide bonds. The number of rotatable bonds is 2. The van der Waals surface area contributed by atoms with Crippen LogP contribution in [0.25, 0.3) is 11.2 Å². The number of H-pyrrole nitrogens is 1. The van der Waals surface area contributed by atoms with E-state index in [0.717, 1.165) is 23.9 Å². The molecule has 0 fully saturated rings. The highest BCUT2D eigenvalue weighted by molar-refractivity contribution is 5.82. The molecule has 1 aliphatic rings. The van der Waals surface area contributed by atoms with Gasteiger partial charge in [0, 0.05) is 11.6 Å². The third-order valence-electron chi connectivity index (χ3n) is 3.78. The van der Waals surface area contributed by atoms with Crippen LogP contribution < -0.4 is 10.1 Å². The fourth-order valence-electron chi connectivity index (χ4n) is 2.74. The molecule has 3 aromatic rings. The number of aromatic amines is 1. The molecule has 0 saturated heterocycles. The van der Waals surface area contributed by atoms with E-state index in [1.807, 2.05) is 0 Å². The molecule has 4 rings (SSSR count). The van der Waals surface area contributed by atoms with Crippen LogP contribution in [0.3, 0.4) is 0 Å². The van der Waals surface area contributed by atoms with E-state index in [9.17, 15) is 4.39 Å². The fourth-order valence-corrected chi connectivity index (χ4v) is 2.74. The van der Waals surface area contributed by atoms with Gasteiger partial charge >= 0.3 is 0 Å². The average molecular weight is 299 g/mol. The van der Waals surface area contributed by atoms with Gasteiger partial charge in [-0.05, 0) is 18.9 Å². The summed E-state index contributed by atoms with van der Waals surface area (Å²) in [5.74, 6) is 0.979. The predicted octanol–water partition coefficient (Wildman–Crippen LogP) is 2.82.